The predicted octanol–water partition coefficient (Wildman–Crippen LogP) is 12.9. The summed E-state index contributed by atoms with van der Waals surface area (Å²) in [4.78, 5) is 110. The molecule has 0 aromatic heterocycles. The number of carbonyl (C=O) groups is 9. The third-order valence-electron chi connectivity index (χ3n) is 45.5. The predicted molar refractivity (Wildman–Crippen MR) is 535 cm³/mol. The molecule has 24 nitrogen and oxygen atoms in total. The van der Waals surface area contributed by atoms with Crippen molar-refractivity contribution in [1.82, 2.24) is 0 Å². The molecule has 0 aromatic carbocycles. The van der Waals surface area contributed by atoms with Crippen LogP contribution in [-0.2, 0) is 71.6 Å². The van der Waals surface area contributed by atoms with Gasteiger partial charge in [0, 0.05) is 90.4 Å². The molecule has 799 valence electrons. The normalized spacial score (nSPS) is 46.5. The second-order valence-electron chi connectivity index (χ2n) is 51.2. The van der Waals surface area contributed by atoms with Crippen LogP contribution in [0.2, 0.25) is 0 Å². The molecule has 0 heterocycles. The van der Waals surface area contributed by atoms with Gasteiger partial charge < -0.3 is 76.2 Å². The number of carboxylic acid groups (broad SMARTS) is 1. The Morgan fingerprint density at radius 1 is 0.366 bits per heavy atom. The molecular formula is C115H190BNa2O24. The minimum atomic E-state index is -0.734. The third kappa shape index (κ3) is 22.3. The molecule has 16 aliphatic carbocycles. The average molecular weight is 2010 g/mol. The zero-order chi connectivity index (χ0) is 101. The van der Waals surface area contributed by atoms with Crippen LogP contribution >= 0.6 is 0 Å². The van der Waals surface area contributed by atoms with Crippen molar-refractivity contribution in [2.24, 2.45) is 215 Å². The van der Waals surface area contributed by atoms with E-state index >= 15 is 0 Å². The van der Waals surface area contributed by atoms with Crippen LogP contribution in [0.5, 0.6) is 0 Å². The Hall–Kier alpha value is -2.63. The fraction of sp³-hybridized carbons (Fsp3) is 0.922. The second kappa shape index (κ2) is 48.8. The van der Waals surface area contributed by atoms with E-state index in [-0.39, 0.29) is 297 Å². The number of esters is 6. The van der Waals surface area contributed by atoms with Crippen molar-refractivity contribution < 1.29 is 178 Å². The molecule has 16 saturated carbocycles. The molecule has 9 N–H and O–H groups in total. The van der Waals surface area contributed by atoms with Crippen molar-refractivity contribution in [2.75, 3.05) is 21.3 Å². The van der Waals surface area contributed by atoms with Crippen molar-refractivity contribution >= 4 is 61.8 Å². The number of aliphatic hydroxyl groups excluding tert-OH is 7. The van der Waals surface area contributed by atoms with Gasteiger partial charge in [0.2, 0.25) is 0 Å². The minimum absolute atomic E-state index is 0. The van der Waals surface area contributed by atoms with E-state index < -0.39 is 42.6 Å². The van der Waals surface area contributed by atoms with Crippen LogP contribution in [0.25, 0.3) is 0 Å². The maximum Gasteiger partial charge on any atom is 1.00 e. The summed E-state index contributed by atoms with van der Waals surface area (Å²) in [6, 6.07) is 0. The van der Waals surface area contributed by atoms with Crippen LogP contribution in [0, 0.1) is 215 Å². The number of hydrogen-bond donors (Lipinski definition) is 8. The summed E-state index contributed by atoms with van der Waals surface area (Å²) in [5.74, 6) is 4.28. The van der Waals surface area contributed by atoms with Crippen molar-refractivity contribution in [1.29, 1.82) is 0 Å². The van der Waals surface area contributed by atoms with E-state index in [9.17, 15) is 78.9 Å². The standard InChI is InChI=1S/C31H50O6.C29H48O6.C29H46O6.C26H44O5.B.2Na.H2O.H/c1-8-20-24-16-19(37-18(4)32)14-15-30(24,5)27-26(28(20)34)23-12-11-22(17(3)10-13-25(33)36-7)31(23,6)21(9-2)29(27)35;2*1-7-19-22-14-18(35-17(3)30)12-13-28(22,4)26-23(31)15-29(5)20(16(2)8-11-24(32)34-6)9-10-21(29)25(26)27(19)33;1-5-16-19-12-15(27)10-11-25(19,3)23-20(28)13-26(4)17(14(2)6-9-21(29)30)7-8-18(26)22(23)24(16)31;;;;;/h17,19-24,26-27,29,35H,8-16H2,1-7H3;16,18-23,25-27,31,33H,7-15H2,1-6H3;16,18-23,25-26,31H,7-15H2,1-6H3;14-20,22-24,27-28,31H,5-13H2,1-4H3,(H,29,30);;;;1H2;/q;;;;;2*+1;;-1/p-1/t17-,19-,20-,21+,22-,23?,24+,26?,27?,29+,30+,31-;16-,18-,19-,20-,21?,22+,23+,25?,26?,27-,28+,29-;16-,18-,19-,20-,21?,22+,23+,25?,26?,28+,29-;14-,15-,16-,17-,18?,19+,20+,22?,23?,24-,25+,26-;;;;;/m1111...../s1. The molecular weight excluding hydrogens is 1820 g/mol. The van der Waals surface area contributed by atoms with Gasteiger partial charge in [-0.25, -0.2) is 0 Å². The van der Waals surface area contributed by atoms with E-state index in [1.54, 1.807) is 0 Å². The Bertz CT molecular complexity index is 4280. The molecule has 16 rings (SSSR count). The van der Waals surface area contributed by atoms with E-state index in [2.05, 4.69) is 118 Å². The average Bonchev–Trinajstić information content (AvgIpc) is 1.65. The number of carbonyl (C=O) groups excluding carboxylic acids is 8. The number of Topliss-reactive ketones (excluding diaryl/α,β-unsaturated/α-hetero) is 2. The molecule has 142 heavy (non-hydrogen) atoms. The van der Waals surface area contributed by atoms with Crippen molar-refractivity contribution in [3.8, 4) is 0 Å². The largest absolute Gasteiger partial charge is 1.00 e. The molecule has 16 fully saturated rings. The van der Waals surface area contributed by atoms with E-state index in [1.165, 1.54) is 42.1 Å². The second-order valence-corrected chi connectivity index (χ2v) is 51.2. The van der Waals surface area contributed by atoms with Gasteiger partial charge in [-0.1, -0.05) is 137 Å². The fourth-order valence-electron chi connectivity index (χ4n) is 39.8. The minimum Gasteiger partial charge on any atom is -1.00 e. The first-order valence-corrected chi connectivity index (χ1v) is 55.7. The van der Waals surface area contributed by atoms with Crippen molar-refractivity contribution in [2.45, 2.75) is 431 Å². The van der Waals surface area contributed by atoms with Crippen molar-refractivity contribution in [3.05, 3.63) is 0 Å². The van der Waals surface area contributed by atoms with Crippen LogP contribution < -0.4 is 59.1 Å². The molecule has 0 amide bonds. The Balaban J connectivity index is 0.000000231. The Morgan fingerprint density at radius 2 is 0.676 bits per heavy atom. The number of methoxy groups -OCH3 is 3. The summed E-state index contributed by atoms with van der Waals surface area (Å²) in [7, 11) is 4.32. The molecule has 12 unspecified atom stereocenters. The number of fused-ring (bicyclic) bond motifs is 20. The smallest absolute Gasteiger partial charge is 1.00 e. The first-order valence-electron chi connectivity index (χ1n) is 55.7. The number of aliphatic hydroxyl groups is 7. The van der Waals surface area contributed by atoms with E-state index in [0.29, 0.717) is 96.4 Å². The molecule has 0 bridgehead atoms. The summed E-state index contributed by atoms with van der Waals surface area (Å²) in [5.41, 5.74) is -0.653. The van der Waals surface area contributed by atoms with Crippen LogP contribution in [0.3, 0.4) is 0 Å². The summed E-state index contributed by atoms with van der Waals surface area (Å²) in [6.07, 6.45) is 26.0. The molecule has 3 radical (unpaired) electrons. The van der Waals surface area contributed by atoms with E-state index in [0.717, 1.165) is 199 Å². The van der Waals surface area contributed by atoms with Gasteiger partial charge in [0.1, 0.15) is 29.9 Å². The van der Waals surface area contributed by atoms with Crippen LogP contribution in [0.15, 0.2) is 0 Å². The molecule has 47 atom stereocenters. The summed E-state index contributed by atoms with van der Waals surface area (Å²) < 4.78 is 31.5. The number of rotatable bonds is 24. The fourth-order valence-corrected chi connectivity index (χ4v) is 39.8. The van der Waals surface area contributed by atoms with Crippen LogP contribution in [0.4, 0.5) is 0 Å². The Labute approximate surface area is 900 Å². The summed E-state index contributed by atoms with van der Waals surface area (Å²) in [6.45, 7) is 42.8. The molecule has 16 aliphatic rings. The number of ketones is 2. The molecule has 0 aliphatic heterocycles. The van der Waals surface area contributed by atoms with Gasteiger partial charge in [0.15, 0.2) is 0 Å². The summed E-state index contributed by atoms with van der Waals surface area (Å²) in [5, 5.41) is 90.6. The monoisotopic (exact) mass is 2010 g/mol. The zero-order valence-corrected chi connectivity index (χ0v) is 96.2. The molecule has 27 heteroatoms. The number of carboxylic acids is 1. The van der Waals surface area contributed by atoms with Crippen LogP contribution in [0.1, 0.15) is 371 Å². The van der Waals surface area contributed by atoms with E-state index in [4.69, 9.17) is 33.5 Å². The number of hydrogen-bond acceptors (Lipinski definition) is 23. The third-order valence-corrected chi connectivity index (χ3v) is 45.5. The van der Waals surface area contributed by atoms with Gasteiger partial charge in [0.05, 0.1) is 64.1 Å². The Morgan fingerprint density at radius 3 is 1.04 bits per heavy atom. The maximum atomic E-state index is 14.4. The molecule has 0 aromatic rings. The quantitative estimate of drug-likeness (QED) is 0.0253. The van der Waals surface area contributed by atoms with Gasteiger partial charge in [-0.3, -0.25) is 43.2 Å². The zero-order valence-electron chi connectivity index (χ0n) is 93.2. The summed E-state index contributed by atoms with van der Waals surface area (Å²) >= 11 is 0. The van der Waals surface area contributed by atoms with Crippen molar-refractivity contribution in [3.63, 3.8) is 0 Å². The maximum absolute atomic E-state index is 14.4. The Kier molecular flexibility index (Phi) is 42.2. The van der Waals surface area contributed by atoms with Gasteiger partial charge >= 0.3 is 101 Å². The van der Waals surface area contributed by atoms with E-state index in [1.807, 2.05) is 0 Å². The first-order chi connectivity index (χ1) is 64.9. The topological polar surface area (TPSA) is 401 Å². The number of ether oxygens (including phenoxy) is 6. The van der Waals surface area contributed by atoms with Gasteiger partial charge in [-0.05, 0) is 366 Å². The number of aliphatic carboxylic acids is 1. The first kappa shape index (κ1) is 123. The van der Waals surface area contributed by atoms with Gasteiger partial charge in [-0.2, -0.15) is 0 Å². The SMILES string of the molecule is CC[C@H]1C(=O)C2C3CC[C@H]([C@H](C)CCC(=O)OC)[C@@]3(C)C[C@H](O)C2[C@@]2(C)CC[C@@H](OC(C)=O)C[C@@H]12.CC[C@H]1C(=O)C2C3CC[C@H]([C@H](C)CCC(=O)OC)[C@@]3(C)[C@@H](CC)[C@H](O)C2[C@@]2(C)CC[C@@H](OC(C)=O)C[C@@H]12.CC[C@H]1[C@@H](O)C2C3CC[C@H]([C@H](C)CCC(=O)O)[C@@]3(C)C[C@H](O)C2[C@@]2(C)CC[C@@H](O)C[C@@H]12.CC[C@H]1[C@@H](O)C2C3CC[C@H]([C@H](C)CCC(=O)OC)[C@@]3(C)C[C@H](O)C2[C@@]2(C)CC[C@@H](OC(C)=O)C[C@@H]12.[B].[H-].[Na+].[Na+].[OH-]. The molecule has 0 saturated heterocycles. The van der Waals surface area contributed by atoms with Gasteiger partial charge in [0.25, 0.3) is 0 Å². The van der Waals surface area contributed by atoms with Crippen LogP contribution in [-0.4, -0.2) is 190 Å². The molecule has 0 spiro atoms. The van der Waals surface area contributed by atoms with Gasteiger partial charge in [-0.15, -0.1) is 0 Å².